The lowest BCUT2D eigenvalue weighted by atomic mass is 9.94. The molecule has 3 aliphatic carbocycles. The number of aliphatic hydroxyl groups is 2. The average molecular weight is 555 g/mol. The SMILES string of the molecule is CNC(=O)C12CC1C[C@@](O)(n1cnc3c(NC4CC4c4ccccc4)nc(C#Cc4cccc(Cl)c4)nc31)[C@@H]2O. The molecule has 10 heteroatoms. The second-order valence-corrected chi connectivity index (χ2v) is 11.4. The van der Waals surface area contributed by atoms with Crippen molar-refractivity contribution in [3.05, 3.63) is 82.9 Å². The number of carbonyl (C=O) groups excluding carboxylic acids is 1. The van der Waals surface area contributed by atoms with Gasteiger partial charge in [-0.15, -0.1) is 0 Å². The number of benzene rings is 2. The van der Waals surface area contributed by atoms with Crippen molar-refractivity contribution in [3.8, 4) is 11.8 Å². The second kappa shape index (κ2) is 9.03. The van der Waals surface area contributed by atoms with Gasteiger partial charge in [0.25, 0.3) is 0 Å². The molecule has 1 amide bonds. The molecule has 9 nitrogen and oxygen atoms in total. The number of carbonyl (C=O) groups is 1. The molecular weight excluding hydrogens is 528 g/mol. The van der Waals surface area contributed by atoms with Crippen molar-refractivity contribution in [2.24, 2.45) is 11.3 Å². The van der Waals surface area contributed by atoms with Gasteiger partial charge in [0.05, 0.1) is 11.7 Å². The van der Waals surface area contributed by atoms with Gasteiger partial charge in [0, 0.05) is 36.0 Å². The van der Waals surface area contributed by atoms with Gasteiger partial charge in [-0.2, -0.15) is 0 Å². The van der Waals surface area contributed by atoms with Crippen LogP contribution in [0.2, 0.25) is 5.02 Å². The summed E-state index contributed by atoms with van der Waals surface area (Å²) in [5.41, 5.74) is -0.0104. The van der Waals surface area contributed by atoms with Crippen LogP contribution < -0.4 is 10.6 Å². The number of aliphatic hydroxyl groups excluding tert-OH is 1. The Balaban J connectivity index is 1.29. The molecule has 0 bridgehead atoms. The molecule has 4 unspecified atom stereocenters. The van der Waals surface area contributed by atoms with Gasteiger partial charge in [-0.05, 0) is 48.4 Å². The van der Waals surface area contributed by atoms with Crippen molar-refractivity contribution in [1.29, 1.82) is 0 Å². The maximum Gasteiger partial charge on any atom is 0.229 e. The summed E-state index contributed by atoms with van der Waals surface area (Å²) in [6.07, 6.45) is 1.83. The summed E-state index contributed by atoms with van der Waals surface area (Å²) in [6, 6.07) is 17.6. The van der Waals surface area contributed by atoms with Crippen molar-refractivity contribution < 1.29 is 15.0 Å². The summed E-state index contributed by atoms with van der Waals surface area (Å²) >= 11 is 6.12. The molecule has 3 saturated carbocycles. The van der Waals surface area contributed by atoms with Crippen molar-refractivity contribution in [2.75, 3.05) is 12.4 Å². The Labute approximate surface area is 235 Å². The van der Waals surface area contributed by atoms with Crippen LogP contribution in [0.1, 0.15) is 42.1 Å². The Morgan fingerprint density at radius 1 is 1.12 bits per heavy atom. The van der Waals surface area contributed by atoms with Crippen LogP contribution in [0.4, 0.5) is 5.82 Å². The number of anilines is 1. The van der Waals surface area contributed by atoms with E-state index in [4.69, 9.17) is 16.6 Å². The predicted molar refractivity (Wildman–Crippen MR) is 149 cm³/mol. The molecule has 2 heterocycles. The van der Waals surface area contributed by atoms with Crippen LogP contribution in [-0.2, 0) is 10.5 Å². The number of hydrogen-bond acceptors (Lipinski definition) is 7. The number of amides is 1. The van der Waals surface area contributed by atoms with Crippen molar-refractivity contribution in [2.45, 2.75) is 43.1 Å². The molecule has 40 heavy (non-hydrogen) atoms. The van der Waals surface area contributed by atoms with E-state index in [0.29, 0.717) is 39.9 Å². The molecule has 2 aromatic carbocycles. The molecule has 7 rings (SSSR count). The maximum atomic E-state index is 12.7. The zero-order chi connectivity index (χ0) is 27.6. The second-order valence-electron chi connectivity index (χ2n) is 11.0. The Kier molecular flexibility index (Phi) is 5.65. The highest BCUT2D eigenvalue weighted by Gasteiger charge is 2.76. The number of rotatable bonds is 5. The fourth-order valence-corrected chi connectivity index (χ4v) is 6.51. The maximum absolute atomic E-state index is 12.7. The topological polar surface area (TPSA) is 125 Å². The minimum atomic E-state index is -1.75. The Hall–Kier alpha value is -3.97. The first-order chi connectivity index (χ1) is 19.3. The van der Waals surface area contributed by atoms with Gasteiger partial charge in [0.15, 0.2) is 22.7 Å². The quantitative estimate of drug-likeness (QED) is 0.279. The van der Waals surface area contributed by atoms with Crippen molar-refractivity contribution in [1.82, 2.24) is 24.8 Å². The molecule has 3 aliphatic rings. The summed E-state index contributed by atoms with van der Waals surface area (Å²) in [4.78, 5) is 26.6. The number of hydrogen-bond donors (Lipinski definition) is 4. The molecule has 6 atom stereocenters. The lowest BCUT2D eigenvalue weighted by molar-refractivity contribution is -0.155. The van der Waals surface area contributed by atoms with Gasteiger partial charge in [-0.1, -0.05) is 53.9 Å². The minimum Gasteiger partial charge on any atom is -0.387 e. The number of halogens is 1. The highest BCUT2D eigenvalue weighted by atomic mass is 35.5. The van der Waals surface area contributed by atoms with E-state index in [1.54, 1.807) is 19.2 Å². The molecule has 2 aromatic heterocycles. The fourth-order valence-electron chi connectivity index (χ4n) is 6.32. The Bertz CT molecular complexity index is 1710. The standard InChI is InChI=1S/C30H27ClN6O3/c1-32-28(39)29-14-19(29)15-30(40,27(29)38)37-16-33-24-25(34-22-13-21(22)18-7-3-2-4-8-18)35-23(36-26(24)37)11-10-17-6-5-9-20(31)12-17/h2-9,12,16,19,21-22,27,38,40H,13-15H2,1H3,(H,32,39)(H,34,35,36)/t19?,21?,22?,27-,29?,30+/m1/s1. The number of fused-ring (bicyclic) bond motifs is 2. The average Bonchev–Trinajstić information content (AvgIpc) is 3.82. The van der Waals surface area contributed by atoms with Gasteiger partial charge in [0.1, 0.15) is 6.10 Å². The van der Waals surface area contributed by atoms with E-state index in [1.165, 1.54) is 16.5 Å². The Morgan fingerprint density at radius 3 is 2.73 bits per heavy atom. The van der Waals surface area contributed by atoms with E-state index in [1.807, 2.05) is 30.3 Å². The lowest BCUT2D eigenvalue weighted by Crippen LogP contribution is -2.49. The van der Waals surface area contributed by atoms with Crippen LogP contribution in [0.3, 0.4) is 0 Å². The van der Waals surface area contributed by atoms with E-state index in [2.05, 4.69) is 44.6 Å². The van der Waals surface area contributed by atoms with Crippen LogP contribution >= 0.6 is 11.6 Å². The molecular formula is C30H27ClN6O3. The monoisotopic (exact) mass is 554 g/mol. The lowest BCUT2D eigenvalue weighted by Gasteiger charge is -2.33. The van der Waals surface area contributed by atoms with E-state index in [-0.39, 0.29) is 30.1 Å². The van der Waals surface area contributed by atoms with Gasteiger partial charge < -0.3 is 20.8 Å². The fraction of sp³-hybridized carbons (Fsp3) is 0.333. The van der Waals surface area contributed by atoms with Crippen molar-refractivity contribution >= 4 is 34.5 Å². The van der Waals surface area contributed by atoms with Crippen LogP contribution in [-0.4, -0.2) is 54.8 Å². The molecule has 0 aliphatic heterocycles. The van der Waals surface area contributed by atoms with Crippen molar-refractivity contribution in [3.63, 3.8) is 0 Å². The van der Waals surface area contributed by atoms with E-state index >= 15 is 0 Å². The smallest absolute Gasteiger partial charge is 0.229 e. The van der Waals surface area contributed by atoms with E-state index in [9.17, 15) is 15.0 Å². The molecule has 202 valence electrons. The zero-order valence-electron chi connectivity index (χ0n) is 21.7. The third-order valence-corrected chi connectivity index (χ3v) is 8.81. The first-order valence-electron chi connectivity index (χ1n) is 13.3. The predicted octanol–water partition coefficient (Wildman–Crippen LogP) is 3.01. The molecule has 0 spiro atoms. The van der Waals surface area contributed by atoms with Crippen LogP contribution in [0.5, 0.6) is 0 Å². The van der Waals surface area contributed by atoms with E-state index in [0.717, 1.165) is 6.42 Å². The normalized spacial score (nSPS) is 29.8. The first kappa shape index (κ1) is 25.0. The number of aromatic nitrogens is 4. The third-order valence-electron chi connectivity index (χ3n) is 8.57. The summed E-state index contributed by atoms with van der Waals surface area (Å²) in [6.45, 7) is 0. The minimum absolute atomic E-state index is 0.135. The molecule has 4 aromatic rings. The largest absolute Gasteiger partial charge is 0.387 e. The molecule has 4 N–H and O–H groups in total. The van der Waals surface area contributed by atoms with Gasteiger partial charge in [-0.3, -0.25) is 9.36 Å². The summed E-state index contributed by atoms with van der Waals surface area (Å²) < 4.78 is 1.48. The Morgan fingerprint density at radius 2 is 1.95 bits per heavy atom. The highest BCUT2D eigenvalue weighted by molar-refractivity contribution is 6.30. The number of nitrogens with one attached hydrogen (secondary N) is 2. The van der Waals surface area contributed by atoms with Crippen LogP contribution in [0.25, 0.3) is 11.2 Å². The molecule has 3 fully saturated rings. The van der Waals surface area contributed by atoms with Gasteiger partial charge >= 0.3 is 0 Å². The third kappa shape index (κ3) is 3.86. The number of imidazole rings is 1. The van der Waals surface area contributed by atoms with E-state index < -0.39 is 17.2 Å². The van der Waals surface area contributed by atoms with Crippen LogP contribution in [0, 0.1) is 23.2 Å². The number of nitrogens with zero attached hydrogens (tertiary/aromatic N) is 4. The van der Waals surface area contributed by atoms with Gasteiger partial charge in [0.2, 0.25) is 11.7 Å². The first-order valence-corrected chi connectivity index (χ1v) is 13.7. The zero-order valence-corrected chi connectivity index (χ0v) is 22.4. The van der Waals surface area contributed by atoms with Gasteiger partial charge in [-0.25, -0.2) is 15.0 Å². The summed E-state index contributed by atoms with van der Waals surface area (Å²) in [7, 11) is 1.54. The highest BCUT2D eigenvalue weighted by Crippen LogP contribution is 2.68. The van der Waals surface area contributed by atoms with Crippen LogP contribution in [0.15, 0.2) is 60.9 Å². The molecule has 0 radical (unpaired) electrons. The molecule has 0 saturated heterocycles. The summed E-state index contributed by atoms with van der Waals surface area (Å²) in [5.74, 6) is 6.76. The summed E-state index contributed by atoms with van der Waals surface area (Å²) in [5, 5.41) is 29.8.